The molecule has 1 unspecified atom stereocenters. The van der Waals surface area contributed by atoms with Gasteiger partial charge in [-0.3, -0.25) is 0 Å². The number of carboxylic acids is 2. The van der Waals surface area contributed by atoms with Crippen LogP contribution < -0.4 is 15.0 Å². The summed E-state index contributed by atoms with van der Waals surface area (Å²) < 4.78 is 58.3. The van der Waals surface area contributed by atoms with E-state index in [4.69, 9.17) is 26.5 Å². The van der Waals surface area contributed by atoms with Crippen molar-refractivity contribution in [1.82, 2.24) is 14.1 Å². The number of ether oxygens (including phenoxy) is 2. The molecule has 1 aromatic heterocycles. The van der Waals surface area contributed by atoms with Crippen molar-refractivity contribution in [3.05, 3.63) is 12.2 Å². The number of hydrogen-bond donors (Lipinski definition) is 4. The fourth-order valence-electron chi connectivity index (χ4n) is 1.72. The second-order valence-electron chi connectivity index (χ2n) is 6.55. The maximum absolute atomic E-state index is 10.4. The summed E-state index contributed by atoms with van der Waals surface area (Å²) in [4.78, 5) is 20.9. The van der Waals surface area contributed by atoms with Gasteiger partial charge in [0.15, 0.2) is 0 Å². The maximum atomic E-state index is 10.4. The molecule has 4 N–H and O–H groups in total. The van der Waals surface area contributed by atoms with E-state index in [0.717, 1.165) is 11.7 Å². The van der Waals surface area contributed by atoms with Crippen molar-refractivity contribution in [2.24, 2.45) is 0 Å². The molecule has 0 aliphatic carbocycles. The van der Waals surface area contributed by atoms with E-state index in [1.165, 1.54) is 0 Å². The van der Waals surface area contributed by atoms with Crippen LogP contribution in [0.2, 0.25) is 0 Å². The Morgan fingerprint density at radius 1 is 1.34 bits per heavy atom. The lowest BCUT2D eigenvalue weighted by Crippen LogP contribution is -2.42. The molecule has 2 rings (SSSR count). The normalized spacial score (nSPS) is 20.1. The average Bonchev–Trinajstić information content (AvgIpc) is 3.13. The Hall–Kier alpha value is -2.28. The highest BCUT2D eigenvalue weighted by atomic mass is 32.1. The van der Waals surface area contributed by atoms with Crippen LogP contribution in [0.5, 0.6) is 5.88 Å². The molecule has 1 aliphatic rings. The average molecular weight is 438 g/mol. The van der Waals surface area contributed by atoms with E-state index in [1.807, 2.05) is 0 Å². The summed E-state index contributed by atoms with van der Waals surface area (Å²) in [6.45, 7) is 0.983. The summed E-state index contributed by atoms with van der Waals surface area (Å²) in [5, 5.41) is 28.4. The Labute approximate surface area is 180 Å². The number of nitrogens with zero attached hydrogens (tertiary/aromatic N) is 3. The first-order valence-electron chi connectivity index (χ1n) is 10.9. The zero-order chi connectivity index (χ0) is 26.4. The Kier molecular flexibility index (Phi) is 7.46. The molecule has 1 saturated heterocycles. The van der Waals surface area contributed by atoms with Crippen molar-refractivity contribution in [3.8, 4) is 5.88 Å². The predicted molar refractivity (Wildman–Crippen MR) is 107 cm³/mol. The summed E-state index contributed by atoms with van der Waals surface area (Å²) in [5.41, 5.74) is -0.810. The topological polar surface area (TPSA) is 154 Å². The smallest absolute Gasteiger partial charge is 0.328 e. The number of morpholine rings is 1. The molecule has 11 nitrogen and oxygen atoms in total. The van der Waals surface area contributed by atoms with Gasteiger partial charge in [-0.1, -0.05) is 0 Å². The molecule has 0 bridgehead atoms. The Balaban J connectivity index is 0.000000620. The van der Waals surface area contributed by atoms with Crippen LogP contribution in [0.15, 0.2) is 12.2 Å². The molecule has 164 valence electrons. The Morgan fingerprint density at radius 2 is 1.93 bits per heavy atom. The quantitative estimate of drug-likeness (QED) is 0.413. The highest BCUT2D eigenvalue weighted by Crippen LogP contribution is 2.26. The summed E-state index contributed by atoms with van der Waals surface area (Å²) in [5.74, 6) is -2.43. The number of β-amino-alcohol motifs (C(OH)–C–C–N with tert-alkyl or cyclic N) is 1. The van der Waals surface area contributed by atoms with Gasteiger partial charge < -0.3 is 35.0 Å². The predicted octanol–water partition coefficient (Wildman–Crippen LogP) is 0.214. The lowest BCUT2D eigenvalue weighted by atomic mass is 10.1. The van der Waals surface area contributed by atoms with Gasteiger partial charge in [0.25, 0.3) is 5.88 Å². The number of aliphatic hydroxyl groups is 1. The van der Waals surface area contributed by atoms with Crippen LogP contribution in [0.25, 0.3) is 0 Å². The summed E-state index contributed by atoms with van der Waals surface area (Å²) >= 11 is 0.802. The van der Waals surface area contributed by atoms with Crippen LogP contribution in [0, 0.1) is 0 Å². The van der Waals surface area contributed by atoms with E-state index in [2.05, 4.69) is 14.1 Å². The minimum absolute atomic E-state index is 0.195. The van der Waals surface area contributed by atoms with Crippen molar-refractivity contribution in [3.63, 3.8) is 0 Å². The van der Waals surface area contributed by atoms with Gasteiger partial charge in [-0.2, -0.15) is 4.37 Å². The molecule has 1 fully saturated rings. The van der Waals surface area contributed by atoms with Crippen molar-refractivity contribution < 1.29 is 41.2 Å². The SMILES string of the molecule is O=C(O)/C=C\C(=O)O.[2H]C([2H])(NC(C)(C)C)C([2H])(O)C([2H])([2H])Oc1nsnc1N1CCOCC1. The largest absolute Gasteiger partial charge is 0.478 e. The first kappa shape index (κ1) is 17.6. The number of carboxylic acid groups (broad SMARTS) is 2. The molecular weight excluding hydrogens is 404 g/mol. The van der Waals surface area contributed by atoms with E-state index in [9.17, 15) is 14.7 Å². The second kappa shape index (κ2) is 12.3. The molecule has 0 spiro atoms. The van der Waals surface area contributed by atoms with Gasteiger partial charge in [-0.05, 0) is 20.8 Å². The van der Waals surface area contributed by atoms with Gasteiger partial charge >= 0.3 is 11.9 Å². The first-order chi connectivity index (χ1) is 15.4. The molecule has 1 aromatic rings. The zero-order valence-electron chi connectivity index (χ0n) is 21.2. The highest BCUT2D eigenvalue weighted by Gasteiger charge is 2.21. The van der Waals surface area contributed by atoms with E-state index in [0.29, 0.717) is 38.5 Å². The first-order valence-corrected chi connectivity index (χ1v) is 9.12. The van der Waals surface area contributed by atoms with E-state index >= 15 is 0 Å². The summed E-state index contributed by atoms with van der Waals surface area (Å²) in [6.07, 6.45) is -2.15. The summed E-state index contributed by atoms with van der Waals surface area (Å²) in [7, 11) is 0. The molecule has 2 heterocycles. The van der Waals surface area contributed by atoms with E-state index in [1.54, 1.807) is 25.7 Å². The van der Waals surface area contributed by atoms with Crippen LogP contribution in [0.1, 0.15) is 27.6 Å². The molecule has 1 aliphatic heterocycles. The van der Waals surface area contributed by atoms with Crippen molar-refractivity contribution in [1.29, 1.82) is 0 Å². The lowest BCUT2D eigenvalue weighted by molar-refractivity contribution is -0.134. The number of rotatable bonds is 8. The van der Waals surface area contributed by atoms with Gasteiger partial charge in [0.05, 0.1) is 29.1 Å². The number of hydrogen-bond acceptors (Lipinski definition) is 10. The van der Waals surface area contributed by atoms with Crippen molar-refractivity contribution in [2.75, 3.05) is 44.3 Å². The van der Waals surface area contributed by atoms with E-state index in [-0.39, 0.29) is 11.7 Å². The van der Waals surface area contributed by atoms with E-state index < -0.39 is 36.6 Å². The Bertz CT molecular complexity index is 855. The molecule has 1 atom stereocenters. The number of aromatic nitrogens is 2. The standard InChI is InChI=1S/C13H24N4O3S.C4H4O4/c1-13(2,3)14-8-10(18)9-20-12-11(15-21-16-12)17-4-6-19-7-5-17;5-3(6)1-2-4(7)8/h10,14,18H,4-9H2,1-3H3;1-2H,(H,5,6)(H,7,8)/b;2-1-/i8D2,9D2,10D;. The monoisotopic (exact) mass is 437 g/mol. The fraction of sp³-hybridized carbons (Fsp3) is 0.647. The molecule has 29 heavy (non-hydrogen) atoms. The molecule has 12 heteroatoms. The third-order valence-electron chi connectivity index (χ3n) is 2.92. The zero-order valence-corrected chi connectivity index (χ0v) is 17.0. The maximum Gasteiger partial charge on any atom is 0.328 e. The Morgan fingerprint density at radius 3 is 2.45 bits per heavy atom. The highest BCUT2D eigenvalue weighted by molar-refractivity contribution is 6.99. The van der Waals surface area contributed by atoms with Gasteiger partial charge in [0, 0.05) is 40.0 Å². The minimum atomic E-state index is -3.26. The molecule has 0 radical (unpaired) electrons. The number of carbonyl (C=O) groups is 2. The lowest BCUT2D eigenvalue weighted by Gasteiger charge is -2.27. The third-order valence-corrected chi connectivity index (χ3v) is 3.42. The van der Waals surface area contributed by atoms with Crippen LogP contribution in [0.4, 0.5) is 5.82 Å². The molecule has 0 amide bonds. The number of anilines is 1. The second-order valence-corrected chi connectivity index (χ2v) is 7.08. The molecule has 0 saturated carbocycles. The third kappa shape index (κ3) is 11.3. The fourth-order valence-corrected chi connectivity index (χ4v) is 2.22. The van der Waals surface area contributed by atoms with Crippen molar-refractivity contribution >= 4 is 29.5 Å². The van der Waals surface area contributed by atoms with Crippen LogP contribution in [-0.4, -0.2) is 87.0 Å². The van der Waals surface area contributed by atoms with Gasteiger partial charge in [-0.25, -0.2) is 9.59 Å². The molecular formula is C17H28N4O7S. The molecule has 0 aromatic carbocycles. The van der Waals surface area contributed by atoms with Crippen molar-refractivity contribution in [2.45, 2.75) is 32.4 Å². The van der Waals surface area contributed by atoms with Gasteiger partial charge in [0.1, 0.15) is 12.6 Å². The minimum Gasteiger partial charge on any atom is -0.478 e. The number of nitrogens with one attached hydrogen (secondary N) is 1. The van der Waals surface area contributed by atoms with Crippen LogP contribution >= 0.6 is 11.7 Å². The van der Waals surface area contributed by atoms with Crippen LogP contribution in [-0.2, 0) is 14.3 Å². The van der Waals surface area contributed by atoms with Crippen LogP contribution in [0.3, 0.4) is 0 Å². The van der Waals surface area contributed by atoms with Gasteiger partial charge in [0.2, 0.25) is 5.82 Å². The number of aliphatic carboxylic acids is 2. The van der Waals surface area contributed by atoms with Gasteiger partial charge in [-0.15, -0.1) is 4.37 Å². The summed E-state index contributed by atoms with van der Waals surface area (Å²) in [6, 6.07) is 0.